The summed E-state index contributed by atoms with van der Waals surface area (Å²) in [7, 11) is 2.06. The van der Waals surface area contributed by atoms with Crippen LogP contribution in [0.3, 0.4) is 0 Å². The Morgan fingerprint density at radius 1 is 1.10 bits per heavy atom. The molecular weight excluding hydrogens is 519 g/mol. The van der Waals surface area contributed by atoms with Crippen molar-refractivity contribution in [3.05, 3.63) is 70.6 Å². The Kier molecular flexibility index (Phi) is 6.69. The van der Waals surface area contributed by atoms with Crippen molar-refractivity contribution in [2.45, 2.75) is 19.5 Å². The first-order valence-electron chi connectivity index (χ1n) is 12.9. The van der Waals surface area contributed by atoms with Gasteiger partial charge < -0.3 is 24.4 Å². The first-order chi connectivity index (χ1) is 18.9. The minimum Gasteiger partial charge on any atom is -0.494 e. The van der Waals surface area contributed by atoms with Crippen LogP contribution in [0, 0.1) is 5.82 Å². The Morgan fingerprint density at radius 2 is 1.90 bits per heavy atom. The lowest BCUT2D eigenvalue weighted by molar-refractivity contribution is -0.132. The van der Waals surface area contributed by atoms with Gasteiger partial charge in [-0.15, -0.1) is 11.3 Å². The zero-order valence-electron chi connectivity index (χ0n) is 21.6. The van der Waals surface area contributed by atoms with Crippen LogP contribution in [0.25, 0.3) is 10.8 Å². The van der Waals surface area contributed by atoms with Crippen molar-refractivity contribution in [1.29, 1.82) is 0 Å². The average molecular weight is 549 g/mol. The van der Waals surface area contributed by atoms with Gasteiger partial charge in [-0.3, -0.25) is 14.9 Å². The monoisotopic (exact) mass is 548 g/mol. The first kappa shape index (κ1) is 25.3. The molecule has 1 saturated heterocycles. The molecule has 2 N–H and O–H groups in total. The van der Waals surface area contributed by atoms with E-state index in [0.29, 0.717) is 42.4 Å². The van der Waals surface area contributed by atoms with Gasteiger partial charge in [0.05, 0.1) is 11.3 Å². The third-order valence-electron chi connectivity index (χ3n) is 7.39. The van der Waals surface area contributed by atoms with E-state index in [2.05, 4.69) is 22.2 Å². The Balaban J connectivity index is 1.12. The third kappa shape index (κ3) is 5.07. The summed E-state index contributed by atoms with van der Waals surface area (Å²) in [5.41, 5.74) is 1.87. The standard InChI is InChI=1S/C28H29FN6O3S/c1-32-9-8-22-24(16-32)39-28(30-22)31-26(37)21-14-19(29)6-7-23(21)33-10-12-34(13-11-33)25(36)17-35-15-18-4-2-3-5-20(18)27(35)38/h2-7,14-15,38H,8-13,16-17H2,1H3,(H,30,31,37). The normalized spacial score (nSPS) is 15.9. The number of benzene rings is 2. The van der Waals surface area contributed by atoms with Gasteiger partial charge in [0.25, 0.3) is 5.91 Å². The van der Waals surface area contributed by atoms with Crippen LogP contribution in [0.1, 0.15) is 20.9 Å². The van der Waals surface area contributed by atoms with Crippen molar-refractivity contribution in [2.75, 3.05) is 50.0 Å². The Hall–Kier alpha value is -3.96. The summed E-state index contributed by atoms with van der Waals surface area (Å²) in [5, 5.41) is 15.5. The number of hydrogen-bond acceptors (Lipinski definition) is 7. The molecule has 2 aliphatic rings. The summed E-state index contributed by atoms with van der Waals surface area (Å²) in [5.74, 6) is -0.914. The number of piperazine rings is 1. The van der Waals surface area contributed by atoms with Crippen LogP contribution < -0.4 is 10.2 Å². The van der Waals surface area contributed by atoms with E-state index in [-0.39, 0.29) is 23.9 Å². The molecule has 1 fully saturated rings. The summed E-state index contributed by atoms with van der Waals surface area (Å²) < 4.78 is 15.8. The van der Waals surface area contributed by atoms with Crippen LogP contribution in [-0.4, -0.2) is 76.0 Å². The molecule has 2 amide bonds. The zero-order valence-corrected chi connectivity index (χ0v) is 22.4. The van der Waals surface area contributed by atoms with Gasteiger partial charge >= 0.3 is 0 Å². The van der Waals surface area contributed by atoms with Crippen molar-refractivity contribution >= 4 is 44.7 Å². The molecule has 9 nitrogen and oxygen atoms in total. The molecule has 11 heteroatoms. The maximum absolute atomic E-state index is 14.2. The van der Waals surface area contributed by atoms with E-state index in [1.54, 1.807) is 21.7 Å². The second-order valence-corrected chi connectivity index (χ2v) is 11.1. The lowest BCUT2D eigenvalue weighted by Gasteiger charge is -2.37. The number of nitrogens with zero attached hydrogens (tertiary/aromatic N) is 5. The third-order valence-corrected chi connectivity index (χ3v) is 8.39. The first-order valence-corrected chi connectivity index (χ1v) is 13.7. The van der Waals surface area contributed by atoms with Gasteiger partial charge in [0.2, 0.25) is 5.91 Å². The number of nitrogens with one attached hydrogen (secondary N) is 1. The van der Waals surface area contributed by atoms with Crippen LogP contribution in [0.15, 0.2) is 48.7 Å². The lowest BCUT2D eigenvalue weighted by Crippen LogP contribution is -2.50. The number of hydrogen-bond donors (Lipinski definition) is 2. The topological polar surface area (TPSA) is 93.9 Å². The maximum atomic E-state index is 14.2. The van der Waals surface area contributed by atoms with Gasteiger partial charge in [-0.1, -0.05) is 18.2 Å². The smallest absolute Gasteiger partial charge is 0.259 e. The highest BCUT2D eigenvalue weighted by Gasteiger charge is 2.26. The number of thiazole rings is 1. The van der Waals surface area contributed by atoms with Crippen LogP contribution >= 0.6 is 11.3 Å². The molecule has 2 aromatic heterocycles. The van der Waals surface area contributed by atoms with Crippen molar-refractivity contribution in [1.82, 2.24) is 19.4 Å². The van der Waals surface area contributed by atoms with Crippen molar-refractivity contribution in [2.24, 2.45) is 0 Å². The van der Waals surface area contributed by atoms with E-state index < -0.39 is 11.7 Å². The van der Waals surface area contributed by atoms with E-state index in [1.165, 1.54) is 23.5 Å². The molecule has 2 aliphatic heterocycles. The number of aromatic nitrogens is 2. The summed E-state index contributed by atoms with van der Waals surface area (Å²) in [4.78, 5) is 38.0. The van der Waals surface area contributed by atoms with E-state index in [0.717, 1.165) is 35.5 Å². The van der Waals surface area contributed by atoms with Crippen molar-refractivity contribution in [3.8, 4) is 5.88 Å². The number of anilines is 2. The molecule has 0 radical (unpaired) electrons. The predicted octanol–water partition coefficient (Wildman–Crippen LogP) is 3.53. The molecule has 0 bridgehead atoms. The van der Waals surface area contributed by atoms with E-state index in [1.807, 2.05) is 29.2 Å². The van der Waals surface area contributed by atoms with Gasteiger partial charge in [-0.2, -0.15) is 0 Å². The number of fused-ring (bicyclic) bond motifs is 2. The molecule has 39 heavy (non-hydrogen) atoms. The van der Waals surface area contributed by atoms with Crippen LogP contribution in [0.2, 0.25) is 0 Å². The summed E-state index contributed by atoms with van der Waals surface area (Å²) >= 11 is 1.46. The number of amides is 2. The minimum atomic E-state index is -0.489. The number of carbonyl (C=O) groups is 2. The summed E-state index contributed by atoms with van der Waals surface area (Å²) in [6.45, 7) is 3.66. The number of rotatable bonds is 5. The van der Waals surface area contributed by atoms with Gasteiger partial charge in [0.15, 0.2) is 11.0 Å². The Bertz CT molecular complexity index is 1560. The number of likely N-dealkylation sites (N-methyl/N-ethyl adjacent to an activating group) is 1. The highest BCUT2D eigenvalue weighted by molar-refractivity contribution is 7.15. The molecule has 202 valence electrons. The van der Waals surface area contributed by atoms with Crippen molar-refractivity contribution in [3.63, 3.8) is 0 Å². The van der Waals surface area contributed by atoms with Gasteiger partial charge in [-0.05, 0) is 31.3 Å². The molecular formula is C28H29FN6O3S. The molecule has 0 atom stereocenters. The highest BCUT2D eigenvalue weighted by atomic mass is 32.1. The number of carbonyl (C=O) groups excluding carboxylic acids is 2. The summed E-state index contributed by atoms with van der Waals surface area (Å²) in [6.07, 6.45) is 2.62. The zero-order chi connectivity index (χ0) is 27.1. The molecule has 4 heterocycles. The Labute approximate surface area is 229 Å². The summed E-state index contributed by atoms with van der Waals surface area (Å²) in [6, 6.07) is 11.7. The van der Waals surface area contributed by atoms with E-state index in [9.17, 15) is 19.1 Å². The SMILES string of the molecule is CN1CCc2nc(NC(=O)c3cc(F)ccc3N3CCN(C(=O)Cn4cc5ccccc5c4O)CC3)sc2C1. The maximum Gasteiger partial charge on any atom is 0.259 e. The van der Waals surface area contributed by atoms with E-state index >= 15 is 0 Å². The van der Waals surface area contributed by atoms with Crippen LogP contribution in [-0.2, 0) is 24.3 Å². The number of aromatic hydroxyl groups is 1. The average Bonchev–Trinajstić information content (AvgIpc) is 3.48. The molecule has 0 spiro atoms. The highest BCUT2D eigenvalue weighted by Crippen LogP contribution is 2.30. The van der Waals surface area contributed by atoms with Crippen molar-refractivity contribution < 1.29 is 19.1 Å². The molecule has 0 unspecified atom stereocenters. The van der Waals surface area contributed by atoms with Gasteiger partial charge in [0, 0.05) is 73.2 Å². The minimum absolute atomic E-state index is 0.0400. The Morgan fingerprint density at radius 3 is 2.69 bits per heavy atom. The molecule has 4 aromatic rings. The quantitative estimate of drug-likeness (QED) is 0.397. The predicted molar refractivity (Wildman–Crippen MR) is 149 cm³/mol. The number of halogens is 1. The molecule has 2 aromatic carbocycles. The second-order valence-electron chi connectivity index (χ2n) is 10.0. The largest absolute Gasteiger partial charge is 0.494 e. The lowest BCUT2D eigenvalue weighted by atomic mass is 10.1. The molecule has 0 saturated carbocycles. The fraction of sp³-hybridized carbons (Fsp3) is 0.321. The van der Waals surface area contributed by atoms with E-state index in [4.69, 9.17) is 0 Å². The molecule has 0 aliphatic carbocycles. The van der Waals surface area contributed by atoms with Gasteiger partial charge in [0.1, 0.15) is 12.4 Å². The second kappa shape index (κ2) is 10.3. The van der Waals surface area contributed by atoms with Crippen LogP contribution in [0.4, 0.5) is 15.2 Å². The molecule has 6 rings (SSSR count). The fourth-order valence-electron chi connectivity index (χ4n) is 5.27. The van der Waals surface area contributed by atoms with Gasteiger partial charge in [-0.25, -0.2) is 9.37 Å². The van der Waals surface area contributed by atoms with Crippen LogP contribution in [0.5, 0.6) is 5.88 Å². The fourth-order valence-corrected chi connectivity index (χ4v) is 6.35.